The van der Waals surface area contributed by atoms with Crippen molar-refractivity contribution in [1.29, 1.82) is 0 Å². The van der Waals surface area contributed by atoms with Crippen LogP contribution in [0.25, 0.3) is 0 Å². The molecule has 2 aromatic rings. The van der Waals surface area contributed by atoms with E-state index in [0.717, 1.165) is 24.3 Å². The highest BCUT2D eigenvalue weighted by molar-refractivity contribution is 5.84. The smallest absolute Gasteiger partial charge is 0.341 e. The van der Waals surface area contributed by atoms with Gasteiger partial charge >= 0.3 is 6.03 Å². The molecule has 6 heteroatoms. The van der Waals surface area contributed by atoms with Gasteiger partial charge in [-0.3, -0.25) is 0 Å². The summed E-state index contributed by atoms with van der Waals surface area (Å²) in [5.74, 6) is 1.92. The van der Waals surface area contributed by atoms with E-state index in [0.29, 0.717) is 0 Å². The van der Waals surface area contributed by atoms with E-state index < -0.39 is 6.03 Å². The van der Waals surface area contributed by atoms with Gasteiger partial charge in [0.25, 0.3) is 0 Å². The molecule has 0 aromatic heterocycles. The number of unbranched alkanes of at least 4 members (excludes halogenated alkanes) is 6. The van der Waals surface area contributed by atoms with Gasteiger partial charge in [-0.05, 0) is 123 Å². The highest BCUT2D eigenvalue weighted by atomic mass is 16.7. The molecule has 3 aliphatic heterocycles. The molecule has 0 radical (unpaired) electrons. The topological polar surface area (TPSA) is 24.5 Å². The quantitative estimate of drug-likeness (QED) is 0.0658. The molecule has 2 aromatic carbocycles. The summed E-state index contributed by atoms with van der Waals surface area (Å²) in [4.78, 5) is 0. The fraction of sp³-hybridized carbons (Fsp3) is 0.778. The van der Waals surface area contributed by atoms with Gasteiger partial charge in [-0.25, -0.2) is 0 Å². The maximum absolute atomic E-state index is 7.65. The summed E-state index contributed by atoms with van der Waals surface area (Å²) in [5.41, 5.74) is 6.08. The summed E-state index contributed by atoms with van der Waals surface area (Å²) >= 11 is 0. The predicted molar refractivity (Wildman–Crippen MR) is 295 cm³/mol. The third kappa shape index (κ3) is 11.6. The van der Waals surface area contributed by atoms with Crippen LogP contribution in [0.2, 0.25) is 0 Å². The van der Waals surface area contributed by atoms with E-state index >= 15 is 0 Å². The van der Waals surface area contributed by atoms with Crippen LogP contribution in [0, 0.1) is 0 Å². The van der Waals surface area contributed by atoms with Crippen molar-refractivity contribution in [3.05, 3.63) is 58.1 Å². The summed E-state index contributed by atoms with van der Waals surface area (Å²) in [6.07, 6.45) is 30.4. The normalized spacial score (nSPS) is 22.4. The van der Waals surface area contributed by atoms with Crippen LogP contribution in [0.3, 0.4) is 0 Å². The molecular weight excluding hydrogens is 845 g/mol. The summed E-state index contributed by atoms with van der Waals surface area (Å²) in [6.45, 7) is 46.7. The van der Waals surface area contributed by atoms with Crippen LogP contribution in [-0.4, -0.2) is 100 Å². The number of ether oxygens (including phenoxy) is 2. The van der Waals surface area contributed by atoms with Gasteiger partial charge in [-0.2, -0.15) is 0 Å². The molecule has 0 bridgehead atoms. The van der Waals surface area contributed by atoms with Crippen LogP contribution in [0.4, 0.5) is 0 Å². The number of quaternary nitrogens is 2. The molecule has 1 unspecified atom stereocenters. The number of benzene rings is 2. The van der Waals surface area contributed by atoms with Crippen molar-refractivity contribution in [2.24, 2.45) is 0 Å². The van der Waals surface area contributed by atoms with Crippen molar-refractivity contribution in [2.45, 2.75) is 266 Å². The standard InChI is InChI=1S/C63H108N4O2/c1-16-22-38-66(39-23-17-2,40-24-18-3)44-30-34-60(13,35-31-45-67(41-25-19-4,42-26-20-5)43-27-21-6)53-32-33-56-51(46-53)49-64-61(14)36-28-29-37-62(61,15)65-50-52-47-54(58(7,8)9)48-55(59(10,11)12)57(52)69-63(64,65)68-56/h32-33,46-50H,16-31,34-45H2,1-15H3/q+4/t61-,62-,63?/m0/s1. The lowest BCUT2D eigenvalue weighted by Gasteiger charge is -2.42. The highest BCUT2D eigenvalue weighted by Gasteiger charge is 2.86. The van der Waals surface area contributed by atoms with Gasteiger partial charge in [-0.1, -0.05) is 150 Å². The van der Waals surface area contributed by atoms with Crippen molar-refractivity contribution in [3.8, 4) is 11.5 Å². The van der Waals surface area contributed by atoms with Crippen molar-refractivity contribution < 1.29 is 27.6 Å². The monoisotopic (exact) mass is 953 g/mol. The molecule has 388 valence electrons. The average molecular weight is 954 g/mol. The van der Waals surface area contributed by atoms with Crippen LogP contribution < -0.4 is 9.47 Å². The SMILES string of the molecule is CCCC[N+](CCCC)(CCCC)CCCC(C)(CCC[N+](CCCC)(CCCC)CCCC)c1ccc2c(c1)C=[N+]1C3(O2)Oc2c(cc(C(C)(C)C)cc2C(C)(C)C)C=[N+]3[C@@]2(C)CCCC[C@]12C. The van der Waals surface area contributed by atoms with Gasteiger partial charge in [-0.15, -0.1) is 0 Å². The van der Waals surface area contributed by atoms with Gasteiger partial charge in [0.15, 0.2) is 23.9 Å². The molecule has 1 saturated heterocycles. The first-order valence-corrected chi connectivity index (χ1v) is 29.4. The average Bonchev–Trinajstić information content (AvgIpc) is 3.48. The molecule has 3 heterocycles. The van der Waals surface area contributed by atoms with Crippen molar-refractivity contribution >= 4 is 12.4 Å². The molecule has 0 N–H and O–H groups in total. The molecule has 6 nitrogen and oxygen atoms in total. The second-order valence-electron chi connectivity index (χ2n) is 26.1. The minimum Gasteiger partial charge on any atom is -0.341 e. The Hall–Kier alpha value is -2.70. The zero-order chi connectivity index (χ0) is 50.4. The van der Waals surface area contributed by atoms with E-state index in [-0.39, 0.29) is 27.3 Å². The minimum atomic E-state index is -1.10. The number of rotatable bonds is 27. The predicted octanol–water partition coefficient (Wildman–Crippen LogP) is 15.6. The second kappa shape index (κ2) is 22.6. The van der Waals surface area contributed by atoms with Crippen LogP contribution in [0.15, 0.2) is 30.3 Å². The maximum atomic E-state index is 7.65. The number of nitrogens with zero attached hydrogens (tertiary/aromatic N) is 4. The van der Waals surface area contributed by atoms with E-state index in [1.54, 1.807) is 0 Å². The first kappa shape index (κ1) is 55.6. The van der Waals surface area contributed by atoms with E-state index in [9.17, 15) is 0 Å². The van der Waals surface area contributed by atoms with Gasteiger partial charge in [0.05, 0.1) is 63.5 Å². The van der Waals surface area contributed by atoms with Crippen LogP contribution in [-0.2, 0) is 16.2 Å². The van der Waals surface area contributed by atoms with E-state index in [1.165, 1.54) is 205 Å². The Labute approximate surface area is 425 Å². The summed E-state index contributed by atoms with van der Waals surface area (Å²) in [5, 5.41) is 0. The van der Waals surface area contributed by atoms with Crippen molar-refractivity contribution in [3.63, 3.8) is 0 Å². The highest BCUT2D eigenvalue weighted by Crippen LogP contribution is 2.56. The van der Waals surface area contributed by atoms with E-state index in [1.807, 2.05) is 0 Å². The summed E-state index contributed by atoms with van der Waals surface area (Å²) < 4.78 is 23.0. The summed E-state index contributed by atoms with van der Waals surface area (Å²) in [6, 6.07) is 11.1. The number of fused-ring (bicyclic) bond motifs is 5. The van der Waals surface area contributed by atoms with Crippen LogP contribution in [0.5, 0.6) is 11.5 Å². The Bertz CT molecular complexity index is 1990. The zero-order valence-electron chi connectivity index (χ0n) is 47.9. The third-order valence-electron chi connectivity index (χ3n) is 18.6. The zero-order valence-corrected chi connectivity index (χ0v) is 47.9. The lowest BCUT2D eigenvalue weighted by atomic mass is 9.69. The number of hydrogen-bond acceptors (Lipinski definition) is 2. The fourth-order valence-corrected chi connectivity index (χ4v) is 13.5. The Morgan fingerprint density at radius 1 is 0.493 bits per heavy atom. The third-order valence-corrected chi connectivity index (χ3v) is 18.6. The Kier molecular flexibility index (Phi) is 18.2. The summed E-state index contributed by atoms with van der Waals surface area (Å²) in [7, 11) is 0. The van der Waals surface area contributed by atoms with Crippen molar-refractivity contribution in [2.75, 3.05) is 52.4 Å². The Morgan fingerprint density at radius 2 is 0.899 bits per heavy atom. The molecule has 0 amide bonds. The lowest BCUT2D eigenvalue weighted by Crippen LogP contribution is -2.61. The molecule has 2 fully saturated rings. The second-order valence-corrected chi connectivity index (χ2v) is 26.1. The van der Waals surface area contributed by atoms with Gasteiger partial charge < -0.3 is 18.4 Å². The van der Waals surface area contributed by atoms with E-state index in [4.69, 9.17) is 9.47 Å². The first-order chi connectivity index (χ1) is 32.7. The minimum absolute atomic E-state index is 0.0153. The Balaban J connectivity index is 1.44. The van der Waals surface area contributed by atoms with Crippen LogP contribution >= 0.6 is 0 Å². The van der Waals surface area contributed by atoms with Gasteiger partial charge in [0, 0.05) is 32.3 Å². The number of hydrogen-bond donors (Lipinski definition) is 0. The fourth-order valence-electron chi connectivity index (χ4n) is 13.5. The largest absolute Gasteiger partial charge is 0.705 e. The van der Waals surface area contributed by atoms with Crippen molar-refractivity contribution in [1.82, 2.24) is 0 Å². The van der Waals surface area contributed by atoms with Gasteiger partial charge in [0.2, 0.25) is 11.1 Å². The molecule has 69 heavy (non-hydrogen) atoms. The van der Waals surface area contributed by atoms with Crippen LogP contribution in [0.1, 0.15) is 260 Å². The Morgan fingerprint density at radius 3 is 1.30 bits per heavy atom. The molecular formula is C63H108N4O2+4. The molecule has 1 saturated carbocycles. The van der Waals surface area contributed by atoms with Gasteiger partial charge in [0.1, 0.15) is 0 Å². The molecule has 6 rings (SSSR count). The first-order valence-electron chi connectivity index (χ1n) is 29.4. The molecule has 1 spiro atoms. The molecule has 1 aliphatic carbocycles. The lowest BCUT2D eigenvalue weighted by molar-refractivity contribution is -0.929. The molecule has 3 atom stereocenters. The maximum Gasteiger partial charge on any atom is 0.705 e. The van der Waals surface area contributed by atoms with E-state index in [2.05, 4.69) is 156 Å². The molecule has 4 aliphatic rings.